The largest absolute Gasteiger partial charge is 0.445 e. The van der Waals surface area contributed by atoms with E-state index in [2.05, 4.69) is 27.9 Å². The molecule has 2 aromatic rings. The molecule has 1 aliphatic heterocycles. The summed E-state index contributed by atoms with van der Waals surface area (Å²) in [7, 11) is 2.18. The summed E-state index contributed by atoms with van der Waals surface area (Å²) in [5.74, 6) is 1.66. The third-order valence-electron chi connectivity index (χ3n) is 3.88. The van der Waals surface area contributed by atoms with Crippen LogP contribution in [0.4, 0.5) is 0 Å². The molecule has 0 saturated carbocycles. The van der Waals surface area contributed by atoms with Gasteiger partial charge in [0.25, 0.3) is 0 Å². The van der Waals surface area contributed by atoms with Crippen molar-refractivity contribution in [3.8, 4) is 0 Å². The summed E-state index contributed by atoms with van der Waals surface area (Å²) in [5.41, 5.74) is 0. The van der Waals surface area contributed by atoms with Gasteiger partial charge in [0.15, 0.2) is 0 Å². The molecule has 0 radical (unpaired) electrons. The number of nitrogens with zero attached hydrogens (tertiary/aromatic N) is 3. The summed E-state index contributed by atoms with van der Waals surface area (Å²) in [6, 6.07) is 4.62. The Kier molecular flexibility index (Phi) is 4.64. The zero-order valence-electron chi connectivity index (χ0n) is 12.4. The van der Waals surface area contributed by atoms with Gasteiger partial charge in [0.2, 0.25) is 5.89 Å². The molecule has 0 unspecified atom stereocenters. The topological polar surface area (TPSA) is 32.5 Å². The van der Waals surface area contributed by atoms with Crippen LogP contribution in [0.1, 0.15) is 22.9 Å². The first kappa shape index (κ1) is 15.0. The van der Waals surface area contributed by atoms with Crippen molar-refractivity contribution >= 4 is 22.9 Å². The minimum absolute atomic E-state index is 0.545. The lowest BCUT2D eigenvalue weighted by atomic mass is 10.2. The molecule has 1 fully saturated rings. The van der Waals surface area contributed by atoms with Crippen molar-refractivity contribution in [2.45, 2.75) is 32.5 Å². The van der Waals surface area contributed by atoms with Crippen LogP contribution < -0.4 is 0 Å². The average Bonchev–Trinajstić information content (AvgIpc) is 3.12. The van der Waals surface area contributed by atoms with Gasteiger partial charge in [-0.3, -0.25) is 4.90 Å². The fraction of sp³-hybridized carbons (Fsp3) is 0.533. The van der Waals surface area contributed by atoms with E-state index in [-0.39, 0.29) is 0 Å². The molecular formula is C15H20ClN3OS. The number of halogens is 1. The summed E-state index contributed by atoms with van der Waals surface area (Å²) in [6.45, 7) is 5.83. The molecule has 21 heavy (non-hydrogen) atoms. The van der Waals surface area contributed by atoms with Crippen LogP contribution in [0.5, 0.6) is 0 Å². The Hall–Kier alpha value is -0.880. The maximum Gasteiger partial charge on any atom is 0.208 e. The van der Waals surface area contributed by atoms with Gasteiger partial charge in [-0.2, -0.15) is 0 Å². The van der Waals surface area contributed by atoms with Crippen LogP contribution >= 0.6 is 22.9 Å². The molecule has 0 aromatic carbocycles. The minimum Gasteiger partial charge on any atom is -0.445 e. The number of thiophene rings is 1. The summed E-state index contributed by atoms with van der Waals surface area (Å²) < 4.78 is 6.50. The zero-order chi connectivity index (χ0) is 14.8. The second kappa shape index (κ2) is 6.48. The van der Waals surface area contributed by atoms with E-state index in [1.807, 2.05) is 13.0 Å². The molecule has 0 spiro atoms. The van der Waals surface area contributed by atoms with E-state index in [0.29, 0.717) is 6.04 Å². The Morgan fingerprint density at radius 1 is 1.48 bits per heavy atom. The molecular weight excluding hydrogens is 306 g/mol. The third kappa shape index (κ3) is 3.86. The average molecular weight is 326 g/mol. The fourth-order valence-electron chi connectivity index (χ4n) is 2.81. The van der Waals surface area contributed by atoms with Crippen molar-refractivity contribution in [2.75, 3.05) is 20.1 Å². The smallest absolute Gasteiger partial charge is 0.208 e. The van der Waals surface area contributed by atoms with E-state index in [1.165, 1.54) is 11.3 Å². The number of aryl methyl sites for hydroxylation is 1. The van der Waals surface area contributed by atoms with Crippen molar-refractivity contribution in [3.05, 3.63) is 39.2 Å². The number of oxazole rings is 1. The van der Waals surface area contributed by atoms with Crippen LogP contribution in [0.25, 0.3) is 0 Å². The Morgan fingerprint density at radius 2 is 2.33 bits per heavy atom. The quantitative estimate of drug-likeness (QED) is 0.843. The predicted octanol–water partition coefficient (Wildman–Crippen LogP) is 3.40. The third-order valence-corrected chi connectivity index (χ3v) is 5.09. The Morgan fingerprint density at radius 3 is 2.90 bits per heavy atom. The number of likely N-dealkylation sites (tertiary alicyclic amines) is 1. The van der Waals surface area contributed by atoms with Crippen LogP contribution in [0, 0.1) is 6.92 Å². The second-order valence-corrected chi connectivity index (χ2v) is 7.48. The first-order valence-electron chi connectivity index (χ1n) is 7.18. The number of rotatable bonds is 5. The molecule has 114 valence electrons. The van der Waals surface area contributed by atoms with Gasteiger partial charge in [0.05, 0.1) is 17.1 Å². The molecule has 1 atom stereocenters. The summed E-state index contributed by atoms with van der Waals surface area (Å²) in [6.07, 6.45) is 2.98. The van der Waals surface area contributed by atoms with Gasteiger partial charge in [-0.25, -0.2) is 4.98 Å². The molecule has 6 heteroatoms. The first-order chi connectivity index (χ1) is 10.1. The van der Waals surface area contributed by atoms with Gasteiger partial charge in [0.1, 0.15) is 5.76 Å². The highest BCUT2D eigenvalue weighted by atomic mass is 35.5. The number of hydrogen-bond acceptors (Lipinski definition) is 5. The van der Waals surface area contributed by atoms with Gasteiger partial charge in [-0.05, 0) is 39.1 Å². The van der Waals surface area contributed by atoms with Gasteiger partial charge in [-0.15, -0.1) is 11.3 Å². The number of likely N-dealkylation sites (N-methyl/N-ethyl adjacent to an activating group) is 1. The van der Waals surface area contributed by atoms with E-state index >= 15 is 0 Å². The molecule has 0 amide bonds. The van der Waals surface area contributed by atoms with Crippen molar-refractivity contribution in [2.24, 2.45) is 0 Å². The highest BCUT2D eigenvalue weighted by Gasteiger charge is 2.27. The van der Waals surface area contributed by atoms with Crippen LogP contribution in [0.15, 0.2) is 22.7 Å². The Labute approximate surface area is 134 Å². The molecule has 1 aliphatic rings. The molecule has 0 N–H and O–H groups in total. The molecule has 3 heterocycles. The zero-order valence-corrected chi connectivity index (χ0v) is 14.0. The van der Waals surface area contributed by atoms with Crippen LogP contribution in [0.3, 0.4) is 0 Å². The summed E-state index contributed by atoms with van der Waals surface area (Å²) >= 11 is 7.70. The van der Waals surface area contributed by atoms with Crippen LogP contribution in [-0.4, -0.2) is 41.0 Å². The fourth-order valence-corrected chi connectivity index (χ4v) is 3.92. The lowest BCUT2D eigenvalue weighted by molar-refractivity contribution is 0.165. The first-order valence-corrected chi connectivity index (χ1v) is 8.38. The van der Waals surface area contributed by atoms with Gasteiger partial charge < -0.3 is 9.32 Å². The van der Waals surface area contributed by atoms with Crippen LogP contribution in [0.2, 0.25) is 4.34 Å². The maximum absolute atomic E-state index is 6.05. The molecule has 3 rings (SSSR count). The van der Waals surface area contributed by atoms with Gasteiger partial charge in [-0.1, -0.05) is 11.6 Å². The molecule has 4 nitrogen and oxygen atoms in total. The molecule has 1 saturated heterocycles. The van der Waals surface area contributed by atoms with Gasteiger partial charge in [0, 0.05) is 24.0 Å². The summed E-state index contributed by atoms with van der Waals surface area (Å²) in [4.78, 5) is 10.5. The summed E-state index contributed by atoms with van der Waals surface area (Å²) in [5, 5.41) is 0. The Bertz CT molecular complexity index is 555. The lowest BCUT2D eigenvalue weighted by Crippen LogP contribution is -2.36. The maximum atomic E-state index is 6.05. The van der Waals surface area contributed by atoms with E-state index in [4.69, 9.17) is 16.0 Å². The van der Waals surface area contributed by atoms with E-state index in [1.54, 1.807) is 17.5 Å². The normalized spacial score (nSPS) is 19.7. The number of aromatic nitrogens is 1. The Balaban J connectivity index is 1.73. The predicted molar refractivity (Wildman–Crippen MR) is 85.7 cm³/mol. The van der Waals surface area contributed by atoms with E-state index in [9.17, 15) is 0 Å². The second-order valence-electron chi connectivity index (χ2n) is 5.68. The van der Waals surface area contributed by atoms with Gasteiger partial charge >= 0.3 is 0 Å². The van der Waals surface area contributed by atoms with E-state index in [0.717, 1.165) is 42.2 Å². The van der Waals surface area contributed by atoms with Crippen molar-refractivity contribution in [3.63, 3.8) is 0 Å². The molecule has 0 aliphatic carbocycles. The highest BCUT2D eigenvalue weighted by molar-refractivity contribution is 7.16. The highest BCUT2D eigenvalue weighted by Crippen LogP contribution is 2.26. The lowest BCUT2D eigenvalue weighted by Gasteiger charge is -2.27. The van der Waals surface area contributed by atoms with Crippen molar-refractivity contribution in [1.82, 2.24) is 14.8 Å². The van der Waals surface area contributed by atoms with Crippen molar-refractivity contribution < 1.29 is 4.42 Å². The SMILES string of the molecule is Cc1cnc(CN(Cc2ccc(Cl)s2)[C@H]2CCN(C)C2)o1. The van der Waals surface area contributed by atoms with Crippen molar-refractivity contribution in [1.29, 1.82) is 0 Å². The van der Waals surface area contributed by atoms with E-state index < -0.39 is 0 Å². The molecule has 0 bridgehead atoms. The number of hydrogen-bond donors (Lipinski definition) is 0. The standard InChI is InChI=1S/C15H20ClN3OS/c1-11-7-17-15(20-11)10-19(12-5-6-18(2)8-12)9-13-3-4-14(16)21-13/h3-4,7,12H,5-6,8-10H2,1-2H3/t12-/m0/s1. The monoisotopic (exact) mass is 325 g/mol. The molecule has 2 aromatic heterocycles. The van der Waals surface area contributed by atoms with Crippen LogP contribution in [-0.2, 0) is 13.1 Å². The minimum atomic E-state index is 0.545.